The molecule has 1 heterocycles. The summed E-state index contributed by atoms with van der Waals surface area (Å²) < 4.78 is 0. The number of aryl methyl sites for hydroxylation is 2. The lowest BCUT2D eigenvalue weighted by atomic mass is 10.1. The highest BCUT2D eigenvalue weighted by Gasteiger charge is 2.07. The molecule has 23 heavy (non-hydrogen) atoms. The Morgan fingerprint density at radius 1 is 1.26 bits per heavy atom. The van der Waals surface area contributed by atoms with Crippen LogP contribution in [0.3, 0.4) is 0 Å². The number of aromatic nitrogens is 2. The van der Waals surface area contributed by atoms with Crippen molar-refractivity contribution in [2.75, 3.05) is 5.75 Å². The SMILES string of the molecule is C/C(=N/NC(=O)CSc1nc(C)cc(C)n1)c1ccccc1O. The van der Waals surface area contributed by atoms with E-state index >= 15 is 0 Å². The lowest BCUT2D eigenvalue weighted by Gasteiger charge is -2.05. The first-order valence-electron chi connectivity index (χ1n) is 7.02. The van der Waals surface area contributed by atoms with E-state index in [1.54, 1.807) is 31.2 Å². The highest BCUT2D eigenvalue weighted by Crippen LogP contribution is 2.16. The van der Waals surface area contributed by atoms with Crippen LogP contribution in [0.2, 0.25) is 0 Å². The fourth-order valence-corrected chi connectivity index (χ4v) is 2.65. The number of carbonyl (C=O) groups is 1. The second kappa shape index (κ2) is 7.73. The van der Waals surface area contributed by atoms with Crippen molar-refractivity contribution in [1.82, 2.24) is 15.4 Å². The van der Waals surface area contributed by atoms with E-state index in [0.717, 1.165) is 11.4 Å². The molecule has 0 unspecified atom stereocenters. The van der Waals surface area contributed by atoms with Gasteiger partial charge < -0.3 is 5.11 Å². The van der Waals surface area contributed by atoms with Gasteiger partial charge >= 0.3 is 0 Å². The number of rotatable bonds is 5. The van der Waals surface area contributed by atoms with Crippen molar-refractivity contribution in [1.29, 1.82) is 0 Å². The summed E-state index contributed by atoms with van der Waals surface area (Å²) in [5.74, 6) is 0.0361. The van der Waals surface area contributed by atoms with E-state index in [0.29, 0.717) is 16.4 Å². The van der Waals surface area contributed by atoms with Crippen LogP contribution in [0.1, 0.15) is 23.9 Å². The molecule has 0 aliphatic carbocycles. The maximum atomic E-state index is 11.8. The van der Waals surface area contributed by atoms with Crippen molar-refractivity contribution in [3.63, 3.8) is 0 Å². The number of hydrogen-bond acceptors (Lipinski definition) is 6. The van der Waals surface area contributed by atoms with Crippen LogP contribution in [0.15, 0.2) is 40.6 Å². The minimum Gasteiger partial charge on any atom is -0.507 e. The van der Waals surface area contributed by atoms with E-state index in [4.69, 9.17) is 0 Å². The minimum atomic E-state index is -0.257. The number of carbonyl (C=O) groups excluding carboxylic acids is 1. The van der Waals surface area contributed by atoms with Gasteiger partial charge in [0.2, 0.25) is 0 Å². The van der Waals surface area contributed by atoms with Crippen LogP contribution >= 0.6 is 11.8 Å². The number of phenols is 1. The number of para-hydroxylation sites is 1. The first kappa shape index (κ1) is 17.0. The standard InChI is InChI=1S/C16H18N4O2S/c1-10-8-11(2)18-16(17-10)23-9-15(22)20-19-12(3)13-6-4-5-7-14(13)21/h4-8,21H,9H2,1-3H3,(H,20,22)/b19-12-. The van der Waals surface area contributed by atoms with Gasteiger partial charge in [-0.15, -0.1) is 0 Å². The van der Waals surface area contributed by atoms with Gasteiger partial charge in [0.25, 0.3) is 5.91 Å². The summed E-state index contributed by atoms with van der Waals surface area (Å²) in [6.07, 6.45) is 0. The first-order valence-corrected chi connectivity index (χ1v) is 8.01. The Hall–Kier alpha value is -2.41. The fourth-order valence-electron chi connectivity index (χ4n) is 1.91. The van der Waals surface area contributed by atoms with Crippen molar-refractivity contribution in [2.24, 2.45) is 5.10 Å². The number of amides is 1. The predicted octanol–water partition coefficient (Wildman–Crippen LogP) is 2.43. The van der Waals surface area contributed by atoms with Gasteiger partial charge in [-0.25, -0.2) is 15.4 Å². The second-order valence-electron chi connectivity index (χ2n) is 4.97. The number of nitrogens with zero attached hydrogens (tertiary/aromatic N) is 3. The molecule has 2 N–H and O–H groups in total. The summed E-state index contributed by atoms with van der Waals surface area (Å²) in [7, 11) is 0. The smallest absolute Gasteiger partial charge is 0.250 e. The molecule has 2 rings (SSSR count). The molecule has 7 heteroatoms. The Kier molecular flexibility index (Phi) is 5.70. The average Bonchev–Trinajstić information content (AvgIpc) is 2.50. The lowest BCUT2D eigenvalue weighted by molar-refractivity contribution is -0.118. The zero-order chi connectivity index (χ0) is 16.8. The molecule has 0 radical (unpaired) electrons. The first-order chi connectivity index (χ1) is 11.0. The Labute approximate surface area is 139 Å². The molecule has 0 fully saturated rings. The van der Waals surface area contributed by atoms with Gasteiger partial charge in [0.1, 0.15) is 5.75 Å². The Balaban J connectivity index is 1.92. The van der Waals surface area contributed by atoms with E-state index in [9.17, 15) is 9.90 Å². The van der Waals surface area contributed by atoms with Gasteiger partial charge in [0, 0.05) is 17.0 Å². The highest BCUT2D eigenvalue weighted by atomic mass is 32.2. The zero-order valence-electron chi connectivity index (χ0n) is 13.2. The summed E-state index contributed by atoms with van der Waals surface area (Å²) in [6.45, 7) is 5.49. The molecule has 0 saturated heterocycles. The normalized spacial score (nSPS) is 11.3. The van der Waals surface area contributed by atoms with Crippen molar-refractivity contribution in [2.45, 2.75) is 25.9 Å². The number of benzene rings is 1. The maximum Gasteiger partial charge on any atom is 0.250 e. The number of nitrogens with one attached hydrogen (secondary N) is 1. The number of phenolic OH excluding ortho intramolecular Hbond substituents is 1. The van der Waals surface area contributed by atoms with E-state index in [1.165, 1.54) is 11.8 Å². The number of thioether (sulfide) groups is 1. The summed E-state index contributed by atoms with van der Waals surface area (Å²) >= 11 is 1.25. The molecule has 0 spiro atoms. The number of aromatic hydroxyl groups is 1. The Bertz CT molecular complexity index is 726. The molecule has 0 bridgehead atoms. The van der Waals surface area contributed by atoms with Crippen molar-refractivity contribution in [3.8, 4) is 5.75 Å². The summed E-state index contributed by atoms with van der Waals surface area (Å²) in [6, 6.07) is 8.71. The molecule has 0 aliphatic heterocycles. The van der Waals surface area contributed by atoms with E-state index in [1.807, 2.05) is 19.9 Å². The van der Waals surface area contributed by atoms with Crippen molar-refractivity contribution < 1.29 is 9.90 Å². The third kappa shape index (κ3) is 5.07. The molecule has 0 aliphatic rings. The molecule has 1 aromatic heterocycles. The number of hydrazone groups is 1. The molecule has 0 atom stereocenters. The minimum absolute atomic E-state index is 0.126. The van der Waals surface area contributed by atoms with Crippen LogP contribution in [-0.4, -0.2) is 32.4 Å². The van der Waals surface area contributed by atoms with Crippen LogP contribution < -0.4 is 5.43 Å². The van der Waals surface area contributed by atoms with E-state index in [-0.39, 0.29) is 17.4 Å². The van der Waals surface area contributed by atoms with Crippen molar-refractivity contribution in [3.05, 3.63) is 47.3 Å². The van der Waals surface area contributed by atoms with Gasteiger partial charge in [-0.3, -0.25) is 4.79 Å². The molecule has 1 amide bonds. The molecular weight excluding hydrogens is 312 g/mol. The monoisotopic (exact) mass is 330 g/mol. The van der Waals surface area contributed by atoms with Crippen LogP contribution in [0.4, 0.5) is 0 Å². The zero-order valence-corrected chi connectivity index (χ0v) is 14.0. The summed E-state index contributed by atoms with van der Waals surface area (Å²) in [4.78, 5) is 20.4. The number of hydrogen-bond donors (Lipinski definition) is 2. The third-order valence-electron chi connectivity index (χ3n) is 2.94. The van der Waals surface area contributed by atoms with Gasteiger partial charge in [0.15, 0.2) is 5.16 Å². The molecule has 6 nitrogen and oxygen atoms in total. The van der Waals surface area contributed by atoms with Crippen molar-refractivity contribution >= 4 is 23.4 Å². The Morgan fingerprint density at radius 2 is 1.91 bits per heavy atom. The lowest BCUT2D eigenvalue weighted by Crippen LogP contribution is -2.21. The second-order valence-corrected chi connectivity index (χ2v) is 5.91. The van der Waals surface area contributed by atoms with Crippen LogP contribution in [0.25, 0.3) is 0 Å². The van der Waals surface area contributed by atoms with Gasteiger partial charge in [0.05, 0.1) is 11.5 Å². The van der Waals surface area contributed by atoms with E-state index < -0.39 is 0 Å². The fraction of sp³-hybridized carbons (Fsp3) is 0.250. The van der Waals surface area contributed by atoms with Crippen LogP contribution in [0, 0.1) is 13.8 Å². The quantitative estimate of drug-likeness (QED) is 0.380. The van der Waals surface area contributed by atoms with Gasteiger partial charge in [-0.05, 0) is 39.0 Å². The Morgan fingerprint density at radius 3 is 2.57 bits per heavy atom. The topological polar surface area (TPSA) is 87.5 Å². The third-order valence-corrected chi connectivity index (χ3v) is 3.78. The largest absolute Gasteiger partial charge is 0.507 e. The maximum absolute atomic E-state index is 11.8. The van der Waals surface area contributed by atoms with Crippen LogP contribution in [0.5, 0.6) is 5.75 Å². The summed E-state index contributed by atoms with van der Waals surface area (Å²) in [5, 5.41) is 14.3. The molecule has 2 aromatic rings. The molecule has 0 saturated carbocycles. The predicted molar refractivity (Wildman–Crippen MR) is 90.7 cm³/mol. The molecular formula is C16H18N4O2S. The average molecular weight is 330 g/mol. The molecule has 120 valence electrons. The van der Waals surface area contributed by atoms with Gasteiger partial charge in [-0.2, -0.15) is 5.10 Å². The van der Waals surface area contributed by atoms with E-state index in [2.05, 4.69) is 20.5 Å². The van der Waals surface area contributed by atoms with Gasteiger partial charge in [-0.1, -0.05) is 23.9 Å². The van der Waals surface area contributed by atoms with Crippen LogP contribution in [-0.2, 0) is 4.79 Å². The molecule has 1 aromatic carbocycles. The summed E-state index contributed by atoms with van der Waals surface area (Å²) in [5.41, 5.74) is 5.32. The highest BCUT2D eigenvalue weighted by molar-refractivity contribution is 7.99.